The molecule has 0 aliphatic carbocycles. The van der Waals surface area contributed by atoms with Gasteiger partial charge in [-0.15, -0.1) is 0 Å². The third-order valence-corrected chi connectivity index (χ3v) is 4.77. The number of nitrogens with zero attached hydrogens (tertiary/aromatic N) is 2. The van der Waals surface area contributed by atoms with E-state index < -0.39 is 0 Å². The van der Waals surface area contributed by atoms with E-state index in [1.165, 1.54) is 0 Å². The lowest BCUT2D eigenvalue weighted by molar-refractivity contribution is -0.130. The summed E-state index contributed by atoms with van der Waals surface area (Å²) in [7, 11) is 0. The molecule has 1 aromatic heterocycles. The number of likely N-dealkylation sites (tertiary alicyclic amines) is 2. The topological polar surface area (TPSA) is 62.7 Å². The first-order chi connectivity index (χ1) is 10.2. The summed E-state index contributed by atoms with van der Waals surface area (Å²) in [6.45, 7) is 3.94. The van der Waals surface area contributed by atoms with Crippen LogP contribution >= 0.6 is 0 Å². The van der Waals surface area contributed by atoms with Crippen molar-refractivity contribution >= 4 is 5.91 Å². The highest BCUT2D eigenvalue weighted by molar-refractivity contribution is 5.76. The summed E-state index contributed by atoms with van der Waals surface area (Å²) < 4.78 is 5.28. The van der Waals surface area contributed by atoms with Crippen molar-refractivity contribution in [2.75, 3.05) is 26.2 Å². The van der Waals surface area contributed by atoms with Crippen LogP contribution in [0.15, 0.2) is 22.8 Å². The average molecular weight is 291 g/mol. The summed E-state index contributed by atoms with van der Waals surface area (Å²) in [5, 5.41) is 0. The molecular formula is C16H25N3O2. The third kappa shape index (κ3) is 3.66. The quantitative estimate of drug-likeness (QED) is 0.906. The summed E-state index contributed by atoms with van der Waals surface area (Å²) in [5.74, 6) is 1.15. The minimum atomic E-state index is 0.252. The number of carbonyl (C=O) groups is 1. The second-order valence-electron chi connectivity index (χ2n) is 6.24. The van der Waals surface area contributed by atoms with Crippen LogP contribution in [-0.4, -0.2) is 54.0 Å². The first-order valence-electron chi connectivity index (χ1n) is 8.02. The number of rotatable bonds is 4. The molecule has 2 fully saturated rings. The Morgan fingerprint density at radius 3 is 2.81 bits per heavy atom. The van der Waals surface area contributed by atoms with Crippen molar-refractivity contribution in [1.29, 1.82) is 0 Å². The van der Waals surface area contributed by atoms with Crippen molar-refractivity contribution in [3.05, 3.63) is 24.2 Å². The Hall–Kier alpha value is -1.33. The lowest BCUT2D eigenvalue weighted by atomic mass is 10.0. The van der Waals surface area contributed by atoms with Crippen LogP contribution < -0.4 is 5.73 Å². The highest BCUT2D eigenvalue weighted by atomic mass is 16.3. The van der Waals surface area contributed by atoms with Gasteiger partial charge in [-0.05, 0) is 44.5 Å². The van der Waals surface area contributed by atoms with Gasteiger partial charge in [0.25, 0.3) is 0 Å². The van der Waals surface area contributed by atoms with Gasteiger partial charge in [0.15, 0.2) is 0 Å². The number of aryl methyl sites for hydroxylation is 1. The molecule has 1 unspecified atom stereocenters. The van der Waals surface area contributed by atoms with Crippen molar-refractivity contribution in [3.63, 3.8) is 0 Å². The van der Waals surface area contributed by atoms with Crippen LogP contribution in [0.25, 0.3) is 0 Å². The number of hydrogen-bond donors (Lipinski definition) is 1. The molecule has 2 N–H and O–H groups in total. The van der Waals surface area contributed by atoms with E-state index in [4.69, 9.17) is 10.2 Å². The zero-order valence-electron chi connectivity index (χ0n) is 12.5. The summed E-state index contributed by atoms with van der Waals surface area (Å²) in [4.78, 5) is 16.8. The van der Waals surface area contributed by atoms with Gasteiger partial charge in [0, 0.05) is 38.0 Å². The molecule has 1 aromatic rings. The fraction of sp³-hybridized carbons (Fsp3) is 0.688. The van der Waals surface area contributed by atoms with Crippen LogP contribution in [0, 0.1) is 0 Å². The Morgan fingerprint density at radius 1 is 1.29 bits per heavy atom. The molecule has 5 heteroatoms. The molecule has 21 heavy (non-hydrogen) atoms. The largest absolute Gasteiger partial charge is 0.469 e. The molecule has 1 amide bonds. The van der Waals surface area contributed by atoms with E-state index in [0.29, 0.717) is 24.9 Å². The highest BCUT2D eigenvalue weighted by Crippen LogP contribution is 2.20. The third-order valence-electron chi connectivity index (χ3n) is 4.77. The van der Waals surface area contributed by atoms with Crippen LogP contribution in [0.4, 0.5) is 0 Å². The maximum absolute atomic E-state index is 12.3. The van der Waals surface area contributed by atoms with Gasteiger partial charge in [0.05, 0.1) is 6.26 Å². The number of hydrogen-bond acceptors (Lipinski definition) is 4. The van der Waals surface area contributed by atoms with Crippen LogP contribution in [-0.2, 0) is 11.2 Å². The Kier molecular flexibility index (Phi) is 4.60. The van der Waals surface area contributed by atoms with E-state index in [-0.39, 0.29) is 5.91 Å². The minimum absolute atomic E-state index is 0.252. The van der Waals surface area contributed by atoms with Crippen molar-refractivity contribution in [2.45, 2.75) is 44.2 Å². The molecule has 3 rings (SSSR count). The van der Waals surface area contributed by atoms with Gasteiger partial charge in [-0.2, -0.15) is 0 Å². The van der Waals surface area contributed by atoms with Crippen LogP contribution in [0.2, 0.25) is 0 Å². The standard InChI is InChI=1S/C16H25N3O2/c17-13-5-8-18(9-6-13)14-7-10-19(12-14)16(20)4-3-15-2-1-11-21-15/h1-2,11,13-14H,3-10,12,17H2. The van der Waals surface area contributed by atoms with E-state index >= 15 is 0 Å². The molecule has 2 aliphatic heterocycles. The Labute approximate surface area is 126 Å². The van der Waals surface area contributed by atoms with Gasteiger partial charge in [-0.1, -0.05) is 0 Å². The Balaban J connectivity index is 1.44. The average Bonchev–Trinajstić information content (AvgIpc) is 3.17. The molecule has 2 saturated heterocycles. The summed E-state index contributed by atoms with van der Waals surface area (Å²) >= 11 is 0. The van der Waals surface area contributed by atoms with Gasteiger partial charge < -0.3 is 15.1 Å². The van der Waals surface area contributed by atoms with Crippen molar-refractivity contribution < 1.29 is 9.21 Å². The molecule has 2 aliphatic rings. The molecule has 0 aromatic carbocycles. The van der Waals surface area contributed by atoms with E-state index in [9.17, 15) is 4.79 Å². The van der Waals surface area contributed by atoms with E-state index in [1.54, 1.807) is 6.26 Å². The van der Waals surface area contributed by atoms with Gasteiger partial charge >= 0.3 is 0 Å². The molecule has 5 nitrogen and oxygen atoms in total. The number of amides is 1. The maximum Gasteiger partial charge on any atom is 0.223 e. The normalized spacial score (nSPS) is 24.6. The fourth-order valence-electron chi connectivity index (χ4n) is 3.39. The summed E-state index contributed by atoms with van der Waals surface area (Å²) in [6, 6.07) is 4.70. The van der Waals surface area contributed by atoms with Gasteiger partial charge in [0.1, 0.15) is 5.76 Å². The molecule has 0 saturated carbocycles. The predicted octanol–water partition coefficient (Wildman–Crippen LogP) is 1.24. The molecule has 116 valence electrons. The molecule has 3 heterocycles. The first kappa shape index (κ1) is 14.6. The lowest BCUT2D eigenvalue weighted by Crippen LogP contribution is -2.46. The van der Waals surface area contributed by atoms with Gasteiger partial charge in [-0.3, -0.25) is 9.69 Å². The SMILES string of the molecule is NC1CCN(C2CCN(C(=O)CCc3ccco3)C2)CC1. The van der Waals surface area contributed by atoms with Gasteiger partial charge in [0.2, 0.25) is 5.91 Å². The zero-order chi connectivity index (χ0) is 14.7. The van der Waals surface area contributed by atoms with Crippen molar-refractivity contribution in [1.82, 2.24) is 9.80 Å². The highest BCUT2D eigenvalue weighted by Gasteiger charge is 2.31. The first-order valence-corrected chi connectivity index (χ1v) is 8.02. The van der Waals surface area contributed by atoms with Crippen molar-refractivity contribution in [3.8, 4) is 0 Å². The van der Waals surface area contributed by atoms with E-state index in [2.05, 4.69) is 4.90 Å². The van der Waals surface area contributed by atoms with Crippen LogP contribution in [0.1, 0.15) is 31.4 Å². The van der Waals surface area contributed by atoms with Crippen LogP contribution in [0.3, 0.4) is 0 Å². The number of nitrogens with two attached hydrogens (primary N) is 1. The fourth-order valence-corrected chi connectivity index (χ4v) is 3.39. The Morgan fingerprint density at radius 2 is 2.10 bits per heavy atom. The molecule has 0 radical (unpaired) electrons. The van der Waals surface area contributed by atoms with Crippen LogP contribution in [0.5, 0.6) is 0 Å². The van der Waals surface area contributed by atoms with E-state index in [1.807, 2.05) is 17.0 Å². The number of carbonyl (C=O) groups excluding carboxylic acids is 1. The number of furan rings is 1. The molecule has 0 spiro atoms. The second kappa shape index (κ2) is 6.62. The zero-order valence-corrected chi connectivity index (χ0v) is 12.5. The molecule has 0 bridgehead atoms. The molecule has 1 atom stereocenters. The smallest absolute Gasteiger partial charge is 0.223 e. The maximum atomic E-state index is 12.3. The van der Waals surface area contributed by atoms with Gasteiger partial charge in [-0.25, -0.2) is 0 Å². The second-order valence-corrected chi connectivity index (χ2v) is 6.24. The summed E-state index contributed by atoms with van der Waals surface area (Å²) in [6.07, 6.45) is 6.18. The summed E-state index contributed by atoms with van der Waals surface area (Å²) in [5.41, 5.74) is 5.96. The Bertz CT molecular complexity index is 452. The molecular weight excluding hydrogens is 266 g/mol. The minimum Gasteiger partial charge on any atom is -0.469 e. The lowest BCUT2D eigenvalue weighted by Gasteiger charge is -2.34. The van der Waals surface area contributed by atoms with Crippen molar-refractivity contribution in [2.24, 2.45) is 5.73 Å². The van der Waals surface area contributed by atoms with E-state index in [0.717, 1.165) is 51.2 Å². The predicted molar refractivity (Wildman–Crippen MR) is 80.8 cm³/mol. The monoisotopic (exact) mass is 291 g/mol. The number of piperidine rings is 1.